The molecule has 140 valence electrons. The van der Waals surface area contributed by atoms with E-state index in [-0.39, 0.29) is 17.6 Å². The molecule has 2 rings (SSSR count). The quantitative estimate of drug-likeness (QED) is 0.446. The molecule has 0 aliphatic heterocycles. The molecule has 0 amide bonds. The molecule has 0 spiro atoms. The van der Waals surface area contributed by atoms with Gasteiger partial charge in [-0.05, 0) is 29.2 Å². The van der Waals surface area contributed by atoms with E-state index in [0.29, 0.717) is 17.9 Å². The molecule has 0 saturated carbocycles. The van der Waals surface area contributed by atoms with Gasteiger partial charge in [0.1, 0.15) is 36.4 Å². The monoisotopic (exact) mass is 365 g/mol. The van der Waals surface area contributed by atoms with Crippen LogP contribution >= 0.6 is 0 Å². The second-order valence-electron chi connectivity index (χ2n) is 6.96. The van der Waals surface area contributed by atoms with Crippen molar-refractivity contribution < 1.29 is 19.4 Å². The number of carboxylic acids is 1. The Balaban J connectivity index is 2.04. The van der Waals surface area contributed by atoms with E-state index in [1.807, 2.05) is 24.3 Å². The number of hydrogen-bond donors (Lipinski definition) is 1. The van der Waals surface area contributed by atoms with Gasteiger partial charge in [0.2, 0.25) is 0 Å². The first-order chi connectivity index (χ1) is 12.8. The summed E-state index contributed by atoms with van der Waals surface area (Å²) in [7, 11) is 0. The molecule has 27 heavy (non-hydrogen) atoms. The van der Waals surface area contributed by atoms with Gasteiger partial charge in [-0.15, -0.1) is 0 Å². The number of para-hydroxylation sites is 2. The highest BCUT2D eigenvalue weighted by molar-refractivity contribution is 5.96. The van der Waals surface area contributed by atoms with Gasteiger partial charge in [-0.2, -0.15) is 5.26 Å². The molecule has 5 nitrogen and oxygen atoms in total. The van der Waals surface area contributed by atoms with Crippen molar-refractivity contribution in [2.75, 3.05) is 13.2 Å². The van der Waals surface area contributed by atoms with Gasteiger partial charge in [-0.1, -0.05) is 57.2 Å². The fourth-order valence-electron chi connectivity index (χ4n) is 2.54. The zero-order valence-electron chi connectivity index (χ0n) is 15.7. The predicted octanol–water partition coefficient (Wildman–Crippen LogP) is 4.43. The lowest BCUT2D eigenvalue weighted by Crippen LogP contribution is -2.16. The van der Waals surface area contributed by atoms with Gasteiger partial charge in [-0.3, -0.25) is 0 Å². The van der Waals surface area contributed by atoms with Crippen molar-refractivity contribution in [3.8, 4) is 17.6 Å². The van der Waals surface area contributed by atoms with Crippen LogP contribution < -0.4 is 9.47 Å². The third-order valence-corrected chi connectivity index (χ3v) is 3.86. The van der Waals surface area contributed by atoms with Gasteiger partial charge in [-0.25, -0.2) is 4.79 Å². The van der Waals surface area contributed by atoms with Crippen LogP contribution in [-0.2, 0) is 10.2 Å². The normalized spacial score (nSPS) is 11.6. The third kappa shape index (κ3) is 5.61. The second-order valence-corrected chi connectivity index (χ2v) is 6.96. The number of ether oxygens (including phenoxy) is 2. The minimum atomic E-state index is -1.27. The second kappa shape index (κ2) is 8.91. The summed E-state index contributed by atoms with van der Waals surface area (Å²) in [5.74, 6) is 0.0491. The molecule has 0 aliphatic carbocycles. The number of nitriles is 1. The summed E-state index contributed by atoms with van der Waals surface area (Å²) in [6, 6.07) is 16.5. The van der Waals surface area contributed by atoms with Crippen LogP contribution in [0.15, 0.2) is 54.1 Å². The molecule has 5 heteroatoms. The molecule has 0 heterocycles. The van der Waals surface area contributed by atoms with E-state index >= 15 is 0 Å². The standard InChI is InChI=1S/C22H23NO4/c1-22(2,3)18-9-5-7-11-20(18)27-13-12-26-19-10-6-4-8-16(19)14-17(15-23)21(24)25/h4-11,14H,12-13H2,1-3H3,(H,24,25). The minimum Gasteiger partial charge on any atom is -0.490 e. The van der Waals surface area contributed by atoms with Crippen molar-refractivity contribution in [1.29, 1.82) is 5.26 Å². The van der Waals surface area contributed by atoms with Crippen LogP contribution in [0.2, 0.25) is 0 Å². The summed E-state index contributed by atoms with van der Waals surface area (Å²) in [5, 5.41) is 17.9. The van der Waals surface area contributed by atoms with E-state index in [9.17, 15) is 4.79 Å². The molecule has 0 fully saturated rings. The van der Waals surface area contributed by atoms with Gasteiger partial charge < -0.3 is 14.6 Å². The summed E-state index contributed by atoms with van der Waals surface area (Å²) < 4.78 is 11.6. The fourth-order valence-corrected chi connectivity index (χ4v) is 2.54. The number of hydrogen-bond acceptors (Lipinski definition) is 4. The Morgan fingerprint density at radius 1 is 1.04 bits per heavy atom. The summed E-state index contributed by atoms with van der Waals surface area (Å²) >= 11 is 0. The molecule has 0 saturated heterocycles. The first-order valence-corrected chi connectivity index (χ1v) is 8.62. The average Bonchev–Trinajstić information content (AvgIpc) is 2.63. The van der Waals surface area contributed by atoms with Gasteiger partial charge in [0.15, 0.2) is 0 Å². The van der Waals surface area contributed by atoms with E-state index < -0.39 is 5.97 Å². The maximum atomic E-state index is 11.0. The number of aliphatic carboxylic acids is 1. The van der Waals surface area contributed by atoms with Crippen molar-refractivity contribution >= 4 is 12.0 Å². The fraction of sp³-hybridized carbons (Fsp3) is 0.273. The largest absolute Gasteiger partial charge is 0.490 e. The van der Waals surface area contributed by atoms with Gasteiger partial charge in [0, 0.05) is 5.56 Å². The molecule has 0 aliphatic rings. The molecule has 0 radical (unpaired) electrons. The summed E-state index contributed by atoms with van der Waals surface area (Å²) in [6.07, 6.45) is 1.30. The number of nitrogens with zero attached hydrogens (tertiary/aromatic N) is 1. The smallest absolute Gasteiger partial charge is 0.346 e. The van der Waals surface area contributed by atoms with Crippen molar-refractivity contribution in [2.24, 2.45) is 0 Å². The molecule has 2 aromatic carbocycles. The lowest BCUT2D eigenvalue weighted by atomic mass is 9.86. The lowest BCUT2D eigenvalue weighted by Gasteiger charge is -2.22. The molecular weight excluding hydrogens is 342 g/mol. The molecule has 0 unspecified atom stereocenters. The van der Waals surface area contributed by atoms with E-state index in [1.54, 1.807) is 30.3 Å². The number of carbonyl (C=O) groups is 1. The highest BCUT2D eigenvalue weighted by atomic mass is 16.5. The Hall–Kier alpha value is -3.26. The van der Waals surface area contributed by atoms with E-state index in [4.69, 9.17) is 19.8 Å². The zero-order valence-corrected chi connectivity index (χ0v) is 15.7. The highest BCUT2D eigenvalue weighted by Gasteiger charge is 2.18. The third-order valence-electron chi connectivity index (χ3n) is 3.86. The molecule has 0 aromatic heterocycles. The Morgan fingerprint density at radius 3 is 2.19 bits per heavy atom. The Labute approximate surface area is 159 Å². The van der Waals surface area contributed by atoms with Crippen molar-refractivity contribution in [3.63, 3.8) is 0 Å². The first kappa shape index (κ1) is 20.1. The first-order valence-electron chi connectivity index (χ1n) is 8.62. The van der Waals surface area contributed by atoms with Crippen LogP contribution in [-0.4, -0.2) is 24.3 Å². The van der Waals surface area contributed by atoms with Crippen LogP contribution in [0.3, 0.4) is 0 Å². The highest BCUT2D eigenvalue weighted by Crippen LogP contribution is 2.31. The van der Waals surface area contributed by atoms with Gasteiger partial charge >= 0.3 is 5.97 Å². The SMILES string of the molecule is CC(C)(C)c1ccccc1OCCOc1ccccc1C=C(C#N)C(=O)O. The van der Waals surface area contributed by atoms with Crippen molar-refractivity contribution in [1.82, 2.24) is 0 Å². The van der Waals surface area contributed by atoms with E-state index in [1.165, 1.54) is 6.08 Å². The van der Waals surface area contributed by atoms with Crippen LogP contribution in [0.1, 0.15) is 31.9 Å². The topological polar surface area (TPSA) is 79.5 Å². The minimum absolute atomic E-state index is 0.0284. The predicted molar refractivity (Wildman–Crippen MR) is 104 cm³/mol. The Morgan fingerprint density at radius 2 is 1.59 bits per heavy atom. The van der Waals surface area contributed by atoms with Gasteiger partial charge in [0.05, 0.1) is 0 Å². The van der Waals surface area contributed by atoms with Crippen LogP contribution in [0.5, 0.6) is 11.5 Å². The van der Waals surface area contributed by atoms with Crippen LogP contribution in [0.4, 0.5) is 0 Å². The van der Waals surface area contributed by atoms with Crippen LogP contribution in [0.25, 0.3) is 6.08 Å². The number of benzene rings is 2. The zero-order chi connectivity index (χ0) is 19.9. The summed E-state index contributed by atoms with van der Waals surface area (Å²) in [6.45, 7) is 7.02. The van der Waals surface area contributed by atoms with Crippen molar-refractivity contribution in [3.05, 3.63) is 65.2 Å². The molecule has 0 bridgehead atoms. The lowest BCUT2D eigenvalue weighted by molar-refractivity contribution is -0.132. The molecule has 2 aromatic rings. The molecular formula is C22H23NO4. The Kier molecular flexibility index (Phi) is 6.62. The van der Waals surface area contributed by atoms with E-state index in [0.717, 1.165) is 11.3 Å². The van der Waals surface area contributed by atoms with E-state index in [2.05, 4.69) is 20.8 Å². The maximum absolute atomic E-state index is 11.0. The summed E-state index contributed by atoms with van der Waals surface area (Å²) in [4.78, 5) is 11.0. The average molecular weight is 365 g/mol. The molecule has 0 atom stereocenters. The molecule has 1 N–H and O–H groups in total. The summed E-state index contributed by atoms with van der Waals surface area (Å²) in [5.41, 5.74) is 1.28. The van der Waals surface area contributed by atoms with Gasteiger partial charge in [0.25, 0.3) is 0 Å². The number of rotatable bonds is 7. The maximum Gasteiger partial charge on any atom is 0.346 e. The van der Waals surface area contributed by atoms with Crippen LogP contribution in [0, 0.1) is 11.3 Å². The number of carboxylic acid groups (broad SMARTS) is 1. The van der Waals surface area contributed by atoms with Crippen molar-refractivity contribution in [2.45, 2.75) is 26.2 Å². The Bertz CT molecular complexity index is 872.